The van der Waals surface area contributed by atoms with Gasteiger partial charge in [-0.25, -0.2) is 0 Å². The van der Waals surface area contributed by atoms with E-state index in [1.54, 1.807) is 0 Å². The summed E-state index contributed by atoms with van der Waals surface area (Å²) in [6, 6.07) is 4.12. The molecule has 1 aromatic rings. The van der Waals surface area contributed by atoms with Crippen molar-refractivity contribution in [3.8, 4) is 5.75 Å². The van der Waals surface area contributed by atoms with Gasteiger partial charge in [0.1, 0.15) is 12.0 Å². The van der Waals surface area contributed by atoms with Crippen molar-refractivity contribution in [2.45, 2.75) is 71.6 Å². The second kappa shape index (κ2) is 5.99. The molecule has 0 heterocycles. The van der Waals surface area contributed by atoms with Crippen molar-refractivity contribution in [1.82, 2.24) is 0 Å². The minimum atomic E-state index is -0.111. The molecule has 1 aromatic carbocycles. The van der Waals surface area contributed by atoms with Crippen molar-refractivity contribution >= 4 is 6.29 Å². The molecule has 0 atom stereocenters. The molecule has 0 aliphatic carbocycles. The fraction of sp³-hybridized carbons (Fsp3) is 0.611. The average molecular weight is 276 g/mol. The van der Waals surface area contributed by atoms with Crippen molar-refractivity contribution in [3.05, 3.63) is 28.8 Å². The minimum Gasteiger partial charge on any atom is -0.507 e. The van der Waals surface area contributed by atoms with Crippen molar-refractivity contribution in [2.24, 2.45) is 0 Å². The van der Waals surface area contributed by atoms with Crippen LogP contribution in [0.5, 0.6) is 5.75 Å². The highest BCUT2D eigenvalue weighted by Gasteiger charge is 2.28. The zero-order valence-corrected chi connectivity index (χ0v) is 13.7. The van der Waals surface area contributed by atoms with Gasteiger partial charge in [0.05, 0.1) is 0 Å². The van der Waals surface area contributed by atoms with Crippen LogP contribution in [0, 0.1) is 0 Å². The molecule has 2 nitrogen and oxygen atoms in total. The summed E-state index contributed by atoms with van der Waals surface area (Å²) in [7, 11) is 0. The van der Waals surface area contributed by atoms with Gasteiger partial charge in [-0.15, -0.1) is 0 Å². The van der Waals surface area contributed by atoms with Gasteiger partial charge >= 0.3 is 0 Å². The smallest absolute Gasteiger partial charge is 0.123 e. The maximum Gasteiger partial charge on any atom is 0.123 e. The predicted molar refractivity (Wildman–Crippen MR) is 84.5 cm³/mol. The average Bonchev–Trinajstić information content (AvgIpc) is 2.35. The van der Waals surface area contributed by atoms with E-state index in [1.807, 2.05) is 6.07 Å². The van der Waals surface area contributed by atoms with E-state index in [9.17, 15) is 9.90 Å². The highest BCUT2D eigenvalue weighted by Crippen LogP contribution is 2.41. The van der Waals surface area contributed by atoms with Crippen LogP contribution in [0.25, 0.3) is 0 Å². The lowest BCUT2D eigenvalue weighted by Crippen LogP contribution is -2.20. The molecular formula is C18H28O2. The van der Waals surface area contributed by atoms with Gasteiger partial charge in [0.25, 0.3) is 0 Å². The highest BCUT2D eigenvalue weighted by atomic mass is 16.3. The number of hydrogen-bond acceptors (Lipinski definition) is 2. The van der Waals surface area contributed by atoms with Crippen LogP contribution in [0.3, 0.4) is 0 Å². The third-order valence-electron chi connectivity index (χ3n) is 4.14. The summed E-state index contributed by atoms with van der Waals surface area (Å²) in [5, 5.41) is 10.7. The maximum atomic E-state index is 10.7. The number of carbonyl (C=O) groups excluding carboxylic acids is 1. The summed E-state index contributed by atoms with van der Waals surface area (Å²) < 4.78 is 0. The van der Waals surface area contributed by atoms with E-state index in [0.717, 1.165) is 35.8 Å². The number of aryl methyl sites for hydroxylation is 1. The summed E-state index contributed by atoms with van der Waals surface area (Å²) in [4.78, 5) is 10.6. The van der Waals surface area contributed by atoms with Crippen LogP contribution in [0.4, 0.5) is 0 Å². The minimum absolute atomic E-state index is 0.0682. The summed E-state index contributed by atoms with van der Waals surface area (Å²) in [6.45, 7) is 12.8. The third kappa shape index (κ3) is 3.62. The molecule has 2 heteroatoms. The summed E-state index contributed by atoms with van der Waals surface area (Å²) in [5.74, 6) is 0.416. The lowest BCUT2D eigenvalue weighted by molar-refractivity contribution is -0.107. The molecule has 0 saturated carbocycles. The first-order valence-electron chi connectivity index (χ1n) is 7.44. The van der Waals surface area contributed by atoms with Crippen LogP contribution in [0.15, 0.2) is 12.1 Å². The lowest BCUT2D eigenvalue weighted by atomic mass is 9.76. The number of phenols is 1. The largest absolute Gasteiger partial charge is 0.507 e. The normalized spacial score (nSPS) is 12.5. The van der Waals surface area contributed by atoms with Gasteiger partial charge in [-0.2, -0.15) is 0 Å². The van der Waals surface area contributed by atoms with Crippen molar-refractivity contribution in [1.29, 1.82) is 0 Å². The second-order valence-electron chi connectivity index (χ2n) is 7.23. The van der Waals surface area contributed by atoms with E-state index in [-0.39, 0.29) is 10.8 Å². The van der Waals surface area contributed by atoms with Crippen LogP contribution in [0.1, 0.15) is 71.1 Å². The molecule has 0 saturated heterocycles. The molecule has 0 spiro atoms. The molecule has 0 radical (unpaired) electrons. The highest BCUT2D eigenvalue weighted by molar-refractivity contribution is 5.53. The number of carbonyl (C=O) groups is 1. The van der Waals surface area contributed by atoms with Crippen LogP contribution in [0.2, 0.25) is 0 Å². The molecule has 0 bridgehead atoms. The van der Waals surface area contributed by atoms with Crippen molar-refractivity contribution in [2.75, 3.05) is 0 Å². The quantitative estimate of drug-likeness (QED) is 0.803. The first-order valence-corrected chi connectivity index (χ1v) is 7.44. The Morgan fingerprint density at radius 1 is 1.10 bits per heavy atom. The molecule has 0 amide bonds. The zero-order chi connectivity index (χ0) is 15.6. The SMILES string of the molecule is CCC(C)(C)c1cc(CCC=O)cc(C(C)(C)C)c1O. The molecule has 1 N–H and O–H groups in total. The van der Waals surface area contributed by atoms with Crippen molar-refractivity contribution in [3.63, 3.8) is 0 Å². The number of hydrogen-bond donors (Lipinski definition) is 1. The standard InChI is InChI=1S/C18H28O2/c1-7-18(5,6)15-12-13(9-8-10-19)11-14(16(15)20)17(2,3)4/h10-12,20H,7-9H2,1-6H3. The molecule has 0 aliphatic rings. The fourth-order valence-electron chi connectivity index (χ4n) is 2.34. The Balaban J connectivity index is 3.46. The molecular weight excluding hydrogens is 248 g/mol. The number of aldehydes is 1. The van der Waals surface area contributed by atoms with Gasteiger partial charge in [-0.05, 0) is 34.8 Å². The van der Waals surface area contributed by atoms with Crippen molar-refractivity contribution < 1.29 is 9.90 Å². The summed E-state index contributed by atoms with van der Waals surface area (Å²) >= 11 is 0. The van der Waals surface area contributed by atoms with E-state index in [2.05, 4.69) is 47.6 Å². The van der Waals surface area contributed by atoms with E-state index in [0.29, 0.717) is 12.2 Å². The lowest BCUT2D eigenvalue weighted by Gasteiger charge is -2.30. The second-order valence-corrected chi connectivity index (χ2v) is 7.23. The number of aromatic hydroxyl groups is 1. The Hall–Kier alpha value is -1.31. The Kier molecular flexibility index (Phi) is 5.01. The van der Waals surface area contributed by atoms with E-state index in [4.69, 9.17) is 0 Å². The molecule has 0 aromatic heterocycles. The van der Waals surface area contributed by atoms with Crippen LogP contribution < -0.4 is 0 Å². The van der Waals surface area contributed by atoms with E-state index < -0.39 is 0 Å². The van der Waals surface area contributed by atoms with Gasteiger partial charge in [-0.3, -0.25) is 0 Å². The molecule has 1 rings (SSSR count). The topological polar surface area (TPSA) is 37.3 Å². The molecule has 112 valence electrons. The summed E-state index contributed by atoms with van der Waals surface area (Å²) in [6.07, 6.45) is 3.18. The Labute approximate surface area is 123 Å². The number of benzene rings is 1. The Morgan fingerprint density at radius 2 is 1.65 bits per heavy atom. The van der Waals surface area contributed by atoms with Gasteiger partial charge in [0.15, 0.2) is 0 Å². The molecule has 0 fully saturated rings. The zero-order valence-electron chi connectivity index (χ0n) is 13.7. The predicted octanol–water partition coefficient (Wildman–Crippen LogP) is 4.51. The first-order chi connectivity index (χ1) is 9.13. The van der Waals surface area contributed by atoms with Crippen LogP contribution >= 0.6 is 0 Å². The Morgan fingerprint density at radius 3 is 2.10 bits per heavy atom. The van der Waals surface area contributed by atoms with Crippen LogP contribution in [-0.4, -0.2) is 11.4 Å². The van der Waals surface area contributed by atoms with Gasteiger partial charge < -0.3 is 9.90 Å². The monoisotopic (exact) mass is 276 g/mol. The first kappa shape index (κ1) is 16.7. The van der Waals surface area contributed by atoms with E-state index >= 15 is 0 Å². The van der Waals surface area contributed by atoms with Gasteiger partial charge in [0.2, 0.25) is 0 Å². The van der Waals surface area contributed by atoms with E-state index in [1.165, 1.54) is 0 Å². The molecule has 0 unspecified atom stereocenters. The fourth-order valence-corrected chi connectivity index (χ4v) is 2.34. The number of phenolic OH excluding ortho intramolecular Hbond substituents is 1. The van der Waals surface area contributed by atoms with Crippen LogP contribution in [-0.2, 0) is 22.0 Å². The molecule has 20 heavy (non-hydrogen) atoms. The maximum absolute atomic E-state index is 10.7. The number of rotatable bonds is 5. The molecule has 0 aliphatic heterocycles. The third-order valence-corrected chi connectivity index (χ3v) is 4.14. The summed E-state index contributed by atoms with van der Waals surface area (Å²) in [5.41, 5.74) is 2.92. The van der Waals surface area contributed by atoms with Gasteiger partial charge in [-0.1, -0.05) is 53.7 Å². The van der Waals surface area contributed by atoms with Gasteiger partial charge in [0, 0.05) is 12.0 Å². The Bertz CT molecular complexity index is 479.